The number of piperidine rings is 1. The molecular weight excluding hydrogens is 550 g/mol. The van der Waals surface area contributed by atoms with E-state index in [1.807, 2.05) is 6.07 Å². The molecule has 0 saturated carbocycles. The number of fused-ring (bicyclic) bond motifs is 1. The molecule has 2 aliphatic heterocycles. The fourth-order valence-corrected chi connectivity index (χ4v) is 6.72. The number of aliphatic carboxylic acids is 1. The van der Waals surface area contributed by atoms with Gasteiger partial charge in [-0.15, -0.1) is 0 Å². The van der Waals surface area contributed by atoms with Crippen molar-refractivity contribution in [3.05, 3.63) is 23.8 Å². The van der Waals surface area contributed by atoms with Gasteiger partial charge >= 0.3 is 5.97 Å². The van der Waals surface area contributed by atoms with Crippen molar-refractivity contribution in [2.75, 3.05) is 38.0 Å². The number of benzene rings is 1. The molecule has 3 rings (SSSR count). The third-order valence-corrected chi connectivity index (χ3v) is 9.02. The van der Waals surface area contributed by atoms with E-state index < -0.39 is 22.0 Å². The molecule has 2 aliphatic rings. The topological polar surface area (TPSA) is 209 Å². The van der Waals surface area contributed by atoms with Gasteiger partial charge in [0.25, 0.3) is 0 Å². The van der Waals surface area contributed by atoms with Gasteiger partial charge in [0, 0.05) is 39.1 Å². The molecule has 1 unspecified atom stereocenters. The Kier molecular flexibility index (Phi) is 11.8. The normalized spacial score (nSPS) is 18.1. The lowest BCUT2D eigenvalue weighted by Crippen LogP contribution is -2.51. The van der Waals surface area contributed by atoms with E-state index in [0.717, 1.165) is 31.2 Å². The van der Waals surface area contributed by atoms with Gasteiger partial charge in [0.05, 0.1) is 12.1 Å². The summed E-state index contributed by atoms with van der Waals surface area (Å²) in [7, 11) is -4.02. The number of anilines is 1. The second-order valence-electron chi connectivity index (χ2n) is 10.9. The lowest BCUT2D eigenvalue weighted by Gasteiger charge is -2.34. The number of sulfonamides is 1. The lowest BCUT2D eigenvalue weighted by molar-refractivity contribution is -0.139. The number of guanidine groups is 1. The third kappa shape index (κ3) is 9.88. The molecule has 14 heteroatoms. The van der Waals surface area contributed by atoms with Crippen molar-refractivity contribution >= 4 is 39.5 Å². The Morgan fingerprint density at radius 3 is 2.61 bits per heavy atom. The number of likely N-dealkylation sites (tertiary alicyclic amines) is 1. The maximum Gasteiger partial charge on any atom is 0.303 e. The highest BCUT2D eigenvalue weighted by Crippen LogP contribution is 2.31. The SMILES string of the molecule is C[C@@H]1CNc2c(cccc2S(=O)(=O)NC(CCCN=C(N)N)C(=O)N2CCC(CCNC(=O)CCC(=O)O)CC2)C1. The number of amides is 2. The maximum absolute atomic E-state index is 13.6. The highest BCUT2D eigenvalue weighted by Gasteiger charge is 2.33. The molecule has 0 aliphatic carbocycles. The van der Waals surface area contributed by atoms with Crippen LogP contribution >= 0.6 is 0 Å². The van der Waals surface area contributed by atoms with Gasteiger partial charge in [-0.25, -0.2) is 8.42 Å². The van der Waals surface area contributed by atoms with Crippen molar-refractivity contribution in [3.8, 4) is 0 Å². The van der Waals surface area contributed by atoms with Crippen LogP contribution in [0.5, 0.6) is 0 Å². The monoisotopic (exact) mass is 593 g/mol. The molecule has 1 saturated heterocycles. The van der Waals surface area contributed by atoms with Crippen molar-refractivity contribution in [3.63, 3.8) is 0 Å². The summed E-state index contributed by atoms with van der Waals surface area (Å²) in [5, 5.41) is 14.7. The zero-order chi connectivity index (χ0) is 30.0. The van der Waals surface area contributed by atoms with Crippen LogP contribution in [0, 0.1) is 11.8 Å². The van der Waals surface area contributed by atoms with Crippen LogP contribution in [0.4, 0.5) is 5.69 Å². The van der Waals surface area contributed by atoms with Crippen LogP contribution < -0.4 is 26.8 Å². The summed E-state index contributed by atoms with van der Waals surface area (Å²) in [6.07, 6.45) is 3.33. The number of rotatable bonds is 14. The summed E-state index contributed by atoms with van der Waals surface area (Å²) in [5.74, 6) is -0.979. The summed E-state index contributed by atoms with van der Waals surface area (Å²) in [5.41, 5.74) is 12.4. The quantitative estimate of drug-likeness (QED) is 0.101. The first-order valence-corrected chi connectivity index (χ1v) is 15.6. The first-order chi connectivity index (χ1) is 19.5. The number of hydrogen-bond donors (Lipinski definition) is 6. The predicted molar refractivity (Wildman–Crippen MR) is 156 cm³/mol. The highest BCUT2D eigenvalue weighted by atomic mass is 32.2. The Balaban J connectivity index is 1.62. The number of hydrogen-bond acceptors (Lipinski definition) is 7. The number of carbonyl (C=O) groups is 3. The van der Waals surface area contributed by atoms with Crippen LogP contribution in [0.2, 0.25) is 0 Å². The Labute approximate surface area is 241 Å². The van der Waals surface area contributed by atoms with Crippen LogP contribution in [-0.4, -0.2) is 80.9 Å². The van der Waals surface area contributed by atoms with Crippen LogP contribution in [0.15, 0.2) is 28.1 Å². The molecule has 8 N–H and O–H groups in total. The second kappa shape index (κ2) is 15.0. The van der Waals surface area contributed by atoms with Gasteiger partial charge in [-0.2, -0.15) is 4.72 Å². The number of para-hydroxylation sites is 1. The number of carboxylic acids is 1. The summed E-state index contributed by atoms with van der Waals surface area (Å²) in [6.45, 7) is 4.43. The molecule has 1 aromatic carbocycles. The molecule has 2 atom stereocenters. The minimum atomic E-state index is -4.02. The lowest BCUT2D eigenvalue weighted by atomic mass is 9.93. The zero-order valence-electron chi connectivity index (χ0n) is 23.6. The largest absolute Gasteiger partial charge is 0.481 e. The first kappa shape index (κ1) is 32.1. The van der Waals surface area contributed by atoms with E-state index >= 15 is 0 Å². The molecule has 0 aromatic heterocycles. The molecule has 41 heavy (non-hydrogen) atoms. The number of carbonyl (C=O) groups excluding carboxylic acids is 2. The van der Waals surface area contributed by atoms with E-state index in [1.54, 1.807) is 17.0 Å². The molecule has 2 amide bonds. The third-order valence-electron chi connectivity index (χ3n) is 7.51. The zero-order valence-corrected chi connectivity index (χ0v) is 24.4. The van der Waals surface area contributed by atoms with Crippen molar-refractivity contribution < 1.29 is 27.9 Å². The molecule has 0 radical (unpaired) electrons. The van der Waals surface area contributed by atoms with Crippen molar-refractivity contribution in [2.45, 2.75) is 69.2 Å². The van der Waals surface area contributed by atoms with E-state index in [4.69, 9.17) is 16.6 Å². The number of aliphatic imine (C=N–C) groups is 1. The average molecular weight is 594 g/mol. The number of nitrogens with one attached hydrogen (secondary N) is 3. The van der Waals surface area contributed by atoms with Gasteiger partial charge in [-0.05, 0) is 62.0 Å². The Morgan fingerprint density at radius 2 is 1.93 bits per heavy atom. The Bertz CT molecular complexity index is 1210. The van der Waals surface area contributed by atoms with Crippen molar-refractivity contribution in [2.24, 2.45) is 28.3 Å². The number of carboxylic acid groups (broad SMARTS) is 1. The second-order valence-corrected chi connectivity index (χ2v) is 12.6. The van der Waals surface area contributed by atoms with E-state index in [-0.39, 0.29) is 48.5 Å². The summed E-state index contributed by atoms with van der Waals surface area (Å²) < 4.78 is 29.8. The minimum Gasteiger partial charge on any atom is -0.481 e. The summed E-state index contributed by atoms with van der Waals surface area (Å²) >= 11 is 0. The van der Waals surface area contributed by atoms with Crippen LogP contribution in [0.1, 0.15) is 57.4 Å². The maximum atomic E-state index is 13.6. The number of nitrogens with two attached hydrogens (primary N) is 2. The van der Waals surface area contributed by atoms with Gasteiger partial charge in [-0.3, -0.25) is 19.4 Å². The fraction of sp³-hybridized carbons (Fsp3) is 0.630. The van der Waals surface area contributed by atoms with E-state index in [0.29, 0.717) is 50.1 Å². The van der Waals surface area contributed by atoms with E-state index in [9.17, 15) is 22.8 Å². The molecule has 0 bridgehead atoms. The van der Waals surface area contributed by atoms with Gasteiger partial charge in [0.15, 0.2) is 5.96 Å². The van der Waals surface area contributed by atoms with Crippen LogP contribution in [0.25, 0.3) is 0 Å². The van der Waals surface area contributed by atoms with Crippen LogP contribution in [-0.2, 0) is 30.8 Å². The molecule has 2 heterocycles. The highest BCUT2D eigenvalue weighted by molar-refractivity contribution is 7.89. The van der Waals surface area contributed by atoms with Crippen molar-refractivity contribution in [1.29, 1.82) is 0 Å². The molecule has 0 spiro atoms. The van der Waals surface area contributed by atoms with E-state index in [2.05, 4.69) is 27.3 Å². The van der Waals surface area contributed by atoms with Gasteiger partial charge < -0.3 is 32.1 Å². The van der Waals surface area contributed by atoms with Gasteiger partial charge in [-0.1, -0.05) is 19.1 Å². The molecule has 228 valence electrons. The number of nitrogens with zero attached hydrogens (tertiary/aromatic N) is 2. The molecule has 13 nitrogen and oxygen atoms in total. The van der Waals surface area contributed by atoms with Gasteiger partial charge in [0.1, 0.15) is 10.9 Å². The average Bonchev–Trinajstić information content (AvgIpc) is 2.92. The molecular formula is C27H43N7O6S. The standard InChI is InChI=1S/C27H43N7O6S/c1-18-16-20-4-2-6-22(25(20)32-17-18)41(39,40)33-21(5-3-12-31-27(28)29)26(38)34-14-10-19(11-15-34)9-13-30-23(35)7-8-24(36)37/h2,4,6,18-19,21,32-33H,3,5,7-17H2,1H3,(H,30,35)(H,36,37)(H4,28,29,31)/t18-,21?/m0/s1. The van der Waals surface area contributed by atoms with Gasteiger partial charge in [0.2, 0.25) is 21.8 Å². The smallest absolute Gasteiger partial charge is 0.303 e. The van der Waals surface area contributed by atoms with E-state index in [1.165, 1.54) is 0 Å². The molecule has 1 fully saturated rings. The Hall–Kier alpha value is -3.39. The fourth-order valence-electron chi connectivity index (χ4n) is 5.27. The summed E-state index contributed by atoms with van der Waals surface area (Å²) in [6, 6.07) is 4.22. The molecule has 1 aromatic rings. The first-order valence-electron chi connectivity index (χ1n) is 14.2. The van der Waals surface area contributed by atoms with Crippen LogP contribution in [0.3, 0.4) is 0 Å². The summed E-state index contributed by atoms with van der Waals surface area (Å²) in [4.78, 5) is 41.7. The predicted octanol–water partition coefficient (Wildman–Crippen LogP) is 0.601. The Morgan fingerprint density at radius 1 is 1.20 bits per heavy atom. The minimum absolute atomic E-state index is 0.0519. The van der Waals surface area contributed by atoms with Crippen molar-refractivity contribution in [1.82, 2.24) is 14.9 Å².